The summed E-state index contributed by atoms with van der Waals surface area (Å²) in [7, 11) is 0. The molecule has 2 aromatic rings. The zero-order chi connectivity index (χ0) is 29.4. The number of nitrogens with one attached hydrogen (secondary N) is 1. The van der Waals surface area contributed by atoms with Crippen LogP contribution in [0.2, 0.25) is 0 Å². The Balaban J connectivity index is 2.27. The molecule has 0 spiro atoms. The summed E-state index contributed by atoms with van der Waals surface area (Å²) in [5, 5.41) is 19.4. The van der Waals surface area contributed by atoms with Crippen molar-refractivity contribution in [2.75, 3.05) is 11.9 Å². The van der Waals surface area contributed by atoms with Gasteiger partial charge in [0.1, 0.15) is 5.60 Å². The van der Waals surface area contributed by atoms with E-state index in [-0.39, 0.29) is 25.8 Å². The number of aromatic nitrogens is 3. The highest BCUT2D eigenvalue weighted by molar-refractivity contribution is 5.89. The Hall–Kier alpha value is -3.43. The van der Waals surface area contributed by atoms with Gasteiger partial charge in [0.2, 0.25) is 11.5 Å². The number of alkyl halides is 6. The van der Waals surface area contributed by atoms with Gasteiger partial charge in [-0.25, -0.2) is 9.78 Å². The molecule has 0 radical (unpaired) electrons. The molecule has 0 aromatic carbocycles. The molecule has 1 unspecified atom stereocenters. The van der Waals surface area contributed by atoms with Crippen LogP contribution in [0.25, 0.3) is 11.6 Å². The monoisotopic (exact) mass is 567 g/mol. The minimum absolute atomic E-state index is 0.0790. The number of nitrogens with zero attached hydrogens (tertiary/aromatic N) is 4. The minimum Gasteiger partial charge on any atom is -0.444 e. The quantitative estimate of drug-likeness (QED) is 0.452. The van der Waals surface area contributed by atoms with Crippen molar-refractivity contribution in [2.24, 2.45) is 0 Å². The smallest absolute Gasteiger partial charge is 0.426 e. The third-order valence-electron chi connectivity index (χ3n) is 5.75. The van der Waals surface area contributed by atoms with Crippen LogP contribution in [0.3, 0.4) is 0 Å². The van der Waals surface area contributed by atoms with Gasteiger partial charge in [0.05, 0.1) is 23.5 Å². The summed E-state index contributed by atoms with van der Waals surface area (Å²) in [6, 6.07) is 0.492. The van der Waals surface area contributed by atoms with E-state index in [4.69, 9.17) is 9.15 Å². The first-order valence-corrected chi connectivity index (χ1v) is 11.8. The minimum atomic E-state index is -5.24. The maximum Gasteiger partial charge on any atom is 0.426 e. The normalized spacial score (nSPS) is 19.3. The van der Waals surface area contributed by atoms with Crippen molar-refractivity contribution < 1.29 is 50.2 Å². The molecule has 216 valence electrons. The standard InChI is InChI=1S/C23H27F6N5O5/c1-12(35)34-9-7-5-6-8-21(37,23(27,28)29)18-33-32-17(38-18)16-14(31-19(36)39-20(2,3)4)10-13(22(24,25)26)15(11-34)30-16/h10,37H,5-9,11H2,1-4H3,(H,31,36). The zero-order valence-corrected chi connectivity index (χ0v) is 21.5. The largest absolute Gasteiger partial charge is 0.444 e. The highest BCUT2D eigenvalue weighted by Gasteiger charge is 2.58. The van der Waals surface area contributed by atoms with Gasteiger partial charge in [0, 0.05) is 13.5 Å². The second kappa shape index (κ2) is 10.6. The number of rotatable bonds is 1. The zero-order valence-electron chi connectivity index (χ0n) is 21.5. The Bertz CT molecular complexity index is 1220. The van der Waals surface area contributed by atoms with Crippen molar-refractivity contribution in [3.63, 3.8) is 0 Å². The second-order valence-corrected chi connectivity index (χ2v) is 10.0. The lowest BCUT2D eigenvalue weighted by Crippen LogP contribution is -2.42. The molecule has 0 saturated heterocycles. The summed E-state index contributed by atoms with van der Waals surface area (Å²) >= 11 is 0. The van der Waals surface area contributed by atoms with E-state index in [1.165, 1.54) is 20.8 Å². The van der Waals surface area contributed by atoms with Gasteiger partial charge in [-0.3, -0.25) is 10.1 Å². The van der Waals surface area contributed by atoms with Crippen molar-refractivity contribution >= 4 is 17.7 Å². The fraction of sp³-hybridized carbons (Fsp3) is 0.609. The van der Waals surface area contributed by atoms with Crippen LogP contribution in [0, 0.1) is 0 Å². The number of aliphatic hydroxyl groups is 1. The Kier molecular flexibility index (Phi) is 8.20. The maximum atomic E-state index is 14.1. The van der Waals surface area contributed by atoms with Crippen molar-refractivity contribution in [3.8, 4) is 11.6 Å². The first kappa shape index (κ1) is 30.1. The van der Waals surface area contributed by atoms with Crippen LogP contribution in [0.15, 0.2) is 10.5 Å². The summed E-state index contributed by atoms with van der Waals surface area (Å²) in [6.07, 6.45) is -12.2. The van der Waals surface area contributed by atoms with Gasteiger partial charge in [0.15, 0.2) is 5.69 Å². The second-order valence-electron chi connectivity index (χ2n) is 10.0. The number of amides is 2. The number of carbonyl (C=O) groups is 2. The maximum absolute atomic E-state index is 14.1. The average Bonchev–Trinajstić information content (AvgIpc) is 3.25. The molecule has 10 nitrogen and oxygen atoms in total. The topological polar surface area (TPSA) is 131 Å². The van der Waals surface area contributed by atoms with Crippen molar-refractivity contribution in [1.82, 2.24) is 20.1 Å². The molecule has 1 aliphatic rings. The van der Waals surface area contributed by atoms with Crippen molar-refractivity contribution in [1.29, 1.82) is 0 Å². The van der Waals surface area contributed by atoms with E-state index in [9.17, 15) is 41.0 Å². The Labute approximate surface area is 218 Å². The highest BCUT2D eigenvalue weighted by Crippen LogP contribution is 2.44. The number of halogens is 6. The Morgan fingerprint density at radius 3 is 2.33 bits per heavy atom. The van der Waals surface area contributed by atoms with E-state index in [0.717, 1.165) is 11.8 Å². The number of carbonyl (C=O) groups excluding carboxylic acids is 2. The van der Waals surface area contributed by atoms with Crippen LogP contribution in [-0.4, -0.2) is 55.5 Å². The molecule has 2 N–H and O–H groups in total. The molecule has 2 aromatic heterocycles. The lowest BCUT2D eigenvalue weighted by atomic mass is 9.95. The summed E-state index contributed by atoms with van der Waals surface area (Å²) in [5.74, 6) is -2.64. The fourth-order valence-electron chi connectivity index (χ4n) is 3.83. The lowest BCUT2D eigenvalue weighted by molar-refractivity contribution is -0.277. The third-order valence-corrected chi connectivity index (χ3v) is 5.75. The first-order chi connectivity index (χ1) is 17.8. The van der Waals surface area contributed by atoms with Crippen LogP contribution < -0.4 is 5.32 Å². The van der Waals surface area contributed by atoms with E-state index in [1.54, 1.807) is 0 Å². The van der Waals surface area contributed by atoms with E-state index >= 15 is 0 Å². The van der Waals surface area contributed by atoms with Gasteiger partial charge in [-0.1, -0.05) is 6.42 Å². The average molecular weight is 567 g/mol. The fourth-order valence-corrected chi connectivity index (χ4v) is 3.83. The number of hydrogen-bond acceptors (Lipinski definition) is 8. The van der Waals surface area contributed by atoms with Crippen molar-refractivity contribution in [2.45, 2.75) is 83.5 Å². The molecule has 3 heterocycles. The van der Waals surface area contributed by atoms with Crippen LogP contribution >= 0.6 is 0 Å². The van der Waals surface area contributed by atoms with Gasteiger partial charge >= 0.3 is 18.4 Å². The van der Waals surface area contributed by atoms with E-state index in [0.29, 0.717) is 6.07 Å². The molecule has 0 aliphatic carbocycles. The number of pyridine rings is 1. The molecule has 2 amide bonds. The molecule has 1 aliphatic heterocycles. The molecule has 39 heavy (non-hydrogen) atoms. The Morgan fingerprint density at radius 2 is 1.77 bits per heavy atom. The number of fused-ring (bicyclic) bond motifs is 5. The summed E-state index contributed by atoms with van der Waals surface area (Å²) in [4.78, 5) is 29.6. The molecule has 4 bridgehead atoms. The van der Waals surface area contributed by atoms with Gasteiger partial charge in [-0.05, 0) is 46.1 Å². The summed E-state index contributed by atoms with van der Waals surface area (Å²) < 4.78 is 94.1. The van der Waals surface area contributed by atoms with Crippen LogP contribution in [0.5, 0.6) is 0 Å². The molecule has 16 heteroatoms. The highest BCUT2D eigenvalue weighted by atomic mass is 19.4. The summed E-state index contributed by atoms with van der Waals surface area (Å²) in [6.45, 7) is 4.94. The predicted molar refractivity (Wildman–Crippen MR) is 122 cm³/mol. The molecule has 0 fully saturated rings. The van der Waals surface area contributed by atoms with Crippen LogP contribution in [0.1, 0.15) is 70.5 Å². The lowest BCUT2D eigenvalue weighted by Gasteiger charge is -2.27. The van der Waals surface area contributed by atoms with E-state index in [1.807, 2.05) is 0 Å². The van der Waals surface area contributed by atoms with Gasteiger partial charge in [-0.2, -0.15) is 26.3 Å². The van der Waals surface area contributed by atoms with Crippen LogP contribution in [0.4, 0.5) is 36.8 Å². The SMILES string of the molecule is CC(=O)N1CCCCCC(O)(C(F)(F)F)c2nnc(o2)-c2nc(c(C(F)(F)F)cc2NC(=O)OC(C)(C)C)C1. The molecule has 0 saturated carbocycles. The summed E-state index contributed by atoms with van der Waals surface area (Å²) in [5.41, 5.74) is -7.88. The van der Waals surface area contributed by atoms with Crippen LogP contribution in [-0.2, 0) is 27.9 Å². The predicted octanol–water partition coefficient (Wildman–Crippen LogP) is 5.17. The van der Waals surface area contributed by atoms with E-state index < -0.39 is 82.9 Å². The van der Waals surface area contributed by atoms with E-state index in [2.05, 4.69) is 20.5 Å². The van der Waals surface area contributed by atoms with Gasteiger partial charge in [0.25, 0.3) is 11.8 Å². The number of ether oxygens (including phenoxy) is 1. The molecule has 1 atom stereocenters. The Morgan fingerprint density at radius 1 is 1.10 bits per heavy atom. The third kappa shape index (κ3) is 6.96. The first-order valence-electron chi connectivity index (χ1n) is 11.8. The number of hydrogen-bond donors (Lipinski definition) is 2. The number of anilines is 1. The van der Waals surface area contributed by atoms with Crippen molar-refractivity contribution in [3.05, 3.63) is 23.2 Å². The van der Waals surface area contributed by atoms with Gasteiger partial charge < -0.3 is 19.2 Å². The molecular formula is C23H27F6N5O5. The molecular weight excluding hydrogens is 540 g/mol. The molecule has 3 rings (SSSR count). The van der Waals surface area contributed by atoms with Gasteiger partial charge in [-0.15, -0.1) is 10.2 Å².